The Morgan fingerprint density at radius 3 is 2.63 bits per heavy atom. The molecule has 0 fully saturated rings. The molecule has 0 bridgehead atoms. The van der Waals surface area contributed by atoms with Crippen LogP contribution in [0.5, 0.6) is 0 Å². The summed E-state index contributed by atoms with van der Waals surface area (Å²) >= 11 is 6.75. The first-order valence-corrected chi connectivity index (χ1v) is 7.05. The van der Waals surface area contributed by atoms with E-state index in [-0.39, 0.29) is 5.91 Å². The minimum atomic E-state index is -0.222. The molecule has 1 aromatic carbocycles. The van der Waals surface area contributed by atoms with E-state index >= 15 is 0 Å². The van der Waals surface area contributed by atoms with E-state index in [0.717, 1.165) is 8.95 Å². The summed E-state index contributed by atoms with van der Waals surface area (Å²) in [6, 6.07) is 8.77. The van der Waals surface area contributed by atoms with Gasteiger partial charge in [0.25, 0.3) is 5.91 Å². The molecule has 6 heteroatoms. The number of carbonyl (C=O) groups excluding carboxylic acids is 1. The maximum Gasteiger partial charge on any atom is 0.255 e. The monoisotopic (exact) mass is 383 g/mol. The van der Waals surface area contributed by atoms with Crippen LogP contribution in [0.1, 0.15) is 16.1 Å². The van der Waals surface area contributed by atoms with E-state index in [1.807, 2.05) is 18.2 Å². The summed E-state index contributed by atoms with van der Waals surface area (Å²) in [5.41, 5.74) is 7.52. The summed E-state index contributed by atoms with van der Waals surface area (Å²) in [4.78, 5) is 16.2. The third kappa shape index (κ3) is 3.54. The van der Waals surface area contributed by atoms with Crippen molar-refractivity contribution in [1.82, 2.24) is 4.98 Å². The molecule has 4 nitrogen and oxygen atoms in total. The quantitative estimate of drug-likeness (QED) is 0.828. The number of aromatic nitrogens is 1. The first-order valence-electron chi connectivity index (χ1n) is 5.46. The van der Waals surface area contributed by atoms with Crippen molar-refractivity contribution >= 4 is 49.3 Å². The minimum Gasteiger partial charge on any atom is -0.384 e. The molecule has 0 aliphatic rings. The highest BCUT2D eigenvalue weighted by Gasteiger charge is 2.10. The van der Waals surface area contributed by atoms with Gasteiger partial charge in [0.2, 0.25) is 0 Å². The van der Waals surface area contributed by atoms with Crippen molar-refractivity contribution in [2.24, 2.45) is 0 Å². The number of rotatable bonds is 2. The number of carbonyl (C=O) groups is 1. The van der Waals surface area contributed by atoms with Gasteiger partial charge in [-0.3, -0.25) is 4.79 Å². The van der Waals surface area contributed by atoms with Crippen LogP contribution in [-0.2, 0) is 0 Å². The fourth-order valence-corrected chi connectivity index (χ4v) is 2.76. The van der Waals surface area contributed by atoms with Gasteiger partial charge in [-0.05, 0) is 53.2 Å². The molecule has 0 saturated heterocycles. The average Bonchev–Trinajstić information content (AvgIpc) is 2.31. The zero-order valence-corrected chi connectivity index (χ0v) is 13.2. The number of amides is 1. The molecule has 3 N–H and O–H groups in total. The number of halogens is 2. The molecule has 1 heterocycles. The Kier molecular flexibility index (Phi) is 4.21. The van der Waals surface area contributed by atoms with E-state index in [1.54, 1.807) is 19.1 Å². The molecule has 2 aromatic rings. The van der Waals surface area contributed by atoms with Crippen molar-refractivity contribution in [1.29, 1.82) is 0 Å². The number of nitrogen functional groups attached to an aromatic ring is 1. The summed E-state index contributed by atoms with van der Waals surface area (Å²) in [5.74, 6) is 0.111. The third-order valence-electron chi connectivity index (χ3n) is 2.41. The van der Waals surface area contributed by atoms with Gasteiger partial charge in [-0.25, -0.2) is 4.98 Å². The van der Waals surface area contributed by atoms with Gasteiger partial charge in [0.1, 0.15) is 5.82 Å². The van der Waals surface area contributed by atoms with Crippen LogP contribution in [0.15, 0.2) is 39.3 Å². The minimum absolute atomic E-state index is 0.222. The number of hydrogen-bond donors (Lipinski definition) is 2. The van der Waals surface area contributed by atoms with Crippen LogP contribution in [0, 0.1) is 6.92 Å². The highest BCUT2D eigenvalue weighted by molar-refractivity contribution is 9.11. The lowest BCUT2D eigenvalue weighted by Gasteiger charge is -2.08. The van der Waals surface area contributed by atoms with Crippen molar-refractivity contribution in [2.75, 3.05) is 11.1 Å². The molecule has 1 aromatic heterocycles. The predicted molar refractivity (Wildman–Crippen MR) is 83.2 cm³/mol. The summed E-state index contributed by atoms with van der Waals surface area (Å²) in [6.07, 6.45) is 0. The van der Waals surface area contributed by atoms with Crippen LogP contribution in [0.2, 0.25) is 0 Å². The average molecular weight is 385 g/mol. The van der Waals surface area contributed by atoms with E-state index < -0.39 is 0 Å². The standard InChI is InChI=1S/C13H11Br2N3O/c1-7-4-8(5-12(16)17-7)13(19)18-11-3-2-9(14)6-10(11)15/h2-6H,1H3,(H2,16,17)(H,18,19). The number of benzene rings is 1. The Hall–Kier alpha value is -1.40. The second-order valence-corrected chi connectivity index (χ2v) is 5.77. The molecule has 0 atom stereocenters. The molecule has 0 unspecified atom stereocenters. The second kappa shape index (κ2) is 5.71. The smallest absolute Gasteiger partial charge is 0.255 e. The molecule has 0 spiro atoms. The van der Waals surface area contributed by atoms with Gasteiger partial charge in [0.05, 0.1) is 5.69 Å². The summed E-state index contributed by atoms with van der Waals surface area (Å²) < 4.78 is 1.73. The van der Waals surface area contributed by atoms with Crippen LogP contribution < -0.4 is 11.1 Å². The topological polar surface area (TPSA) is 68.0 Å². The fraction of sp³-hybridized carbons (Fsp3) is 0.0769. The first kappa shape index (κ1) is 14.0. The number of nitrogens with zero attached hydrogens (tertiary/aromatic N) is 1. The van der Waals surface area contributed by atoms with Gasteiger partial charge < -0.3 is 11.1 Å². The summed E-state index contributed by atoms with van der Waals surface area (Å²) in [5, 5.41) is 2.82. The van der Waals surface area contributed by atoms with Crippen molar-refractivity contribution in [3.63, 3.8) is 0 Å². The van der Waals surface area contributed by atoms with Crippen LogP contribution in [-0.4, -0.2) is 10.9 Å². The largest absolute Gasteiger partial charge is 0.384 e. The van der Waals surface area contributed by atoms with Gasteiger partial charge >= 0.3 is 0 Å². The molecule has 0 radical (unpaired) electrons. The molecule has 2 rings (SSSR count). The van der Waals surface area contributed by atoms with E-state index in [4.69, 9.17) is 5.73 Å². The molecule has 98 valence electrons. The van der Waals surface area contributed by atoms with Gasteiger partial charge in [-0.2, -0.15) is 0 Å². The number of aryl methyl sites for hydroxylation is 1. The summed E-state index contributed by atoms with van der Waals surface area (Å²) in [6.45, 7) is 1.79. The number of pyridine rings is 1. The lowest BCUT2D eigenvalue weighted by molar-refractivity contribution is 0.102. The van der Waals surface area contributed by atoms with E-state index in [0.29, 0.717) is 22.8 Å². The predicted octanol–water partition coefficient (Wildman–Crippen LogP) is 3.75. The molecule has 0 saturated carbocycles. The summed E-state index contributed by atoms with van der Waals surface area (Å²) in [7, 11) is 0. The van der Waals surface area contributed by atoms with Gasteiger partial charge in [0.15, 0.2) is 0 Å². The zero-order valence-electron chi connectivity index (χ0n) is 10.1. The molecule has 0 aliphatic carbocycles. The van der Waals surface area contributed by atoms with Gasteiger partial charge in [-0.1, -0.05) is 15.9 Å². The lowest BCUT2D eigenvalue weighted by Crippen LogP contribution is -2.13. The maximum absolute atomic E-state index is 12.1. The van der Waals surface area contributed by atoms with E-state index in [2.05, 4.69) is 42.2 Å². The Morgan fingerprint density at radius 2 is 2.00 bits per heavy atom. The molecule has 0 aliphatic heterocycles. The van der Waals surface area contributed by atoms with Crippen molar-refractivity contribution in [3.05, 3.63) is 50.5 Å². The zero-order chi connectivity index (χ0) is 14.0. The van der Waals surface area contributed by atoms with Crippen LogP contribution in [0.3, 0.4) is 0 Å². The Bertz CT molecular complexity index is 624. The fourth-order valence-electron chi connectivity index (χ4n) is 1.61. The molecule has 19 heavy (non-hydrogen) atoms. The van der Waals surface area contributed by atoms with Crippen molar-refractivity contribution in [3.8, 4) is 0 Å². The van der Waals surface area contributed by atoms with E-state index in [1.165, 1.54) is 0 Å². The maximum atomic E-state index is 12.1. The Balaban J connectivity index is 2.25. The SMILES string of the molecule is Cc1cc(C(=O)Nc2ccc(Br)cc2Br)cc(N)n1. The molecular formula is C13H11Br2N3O. The highest BCUT2D eigenvalue weighted by Crippen LogP contribution is 2.26. The molecule has 1 amide bonds. The van der Waals surface area contributed by atoms with Crippen LogP contribution >= 0.6 is 31.9 Å². The van der Waals surface area contributed by atoms with Crippen LogP contribution in [0.25, 0.3) is 0 Å². The van der Waals surface area contributed by atoms with Gasteiger partial charge in [-0.15, -0.1) is 0 Å². The van der Waals surface area contributed by atoms with Crippen molar-refractivity contribution in [2.45, 2.75) is 6.92 Å². The van der Waals surface area contributed by atoms with Crippen molar-refractivity contribution < 1.29 is 4.79 Å². The third-order valence-corrected chi connectivity index (χ3v) is 3.56. The number of nitrogens with one attached hydrogen (secondary N) is 1. The van der Waals surface area contributed by atoms with Crippen LogP contribution in [0.4, 0.5) is 11.5 Å². The number of nitrogens with two attached hydrogens (primary N) is 1. The van der Waals surface area contributed by atoms with E-state index in [9.17, 15) is 4.79 Å². The molecular weight excluding hydrogens is 374 g/mol. The lowest BCUT2D eigenvalue weighted by atomic mass is 10.2. The second-order valence-electron chi connectivity index (χ2n) is 4.00. The number of hydrogen-bond acceptors (Lipinski definition) is 3. The Morgan fingerprint density at radius 1 is 1.26 bits per heavy atom. The van der Waals surface area contributed by atoms with Gasteiger partial charge in [0, 0.05) is 20.2 Å². The number of anilines is 2. The first-order chi connectivity index (χ1) is 8.95. The Labute approximate surface area is 127 Å². The normalized spacial score (nSPS) is 10.3. The highest BCUT2D eigenvalue weighted by atomic mass is 79.9.